The molecule has 6 heteroatoms. The summed E-state index contributed by atoms with van der Waals surface area (Å²) >= 11 is 1.74. The molecule has 0 bridgehead atoms. The second kappa shape index (κ2) is 6.47. The molecule has 0 saturated carbocycles. The van der Waals surface area contributed by atoms with Crippen LogP contribution in [-0.2, 0) is 5.75 Å². The van der Waals surface area contributed by atoms with E-state index in [9.17, 15) is 0 Å². The second-order valence-corrected chi connectivity index (χ2v) is 4.99. The maximum absolute atomic E-state index is 5.33. The first-order valence-corrected chi connectivity index (χ1v) is 7.06. The van der Waals surface area contributed by atoms with Crippen LogP contribution in [0.3, 0.4) is 0 Å². The Labute approximate surface area is 116 Å². The van der Waals surface area contributed by atoms with Gasteiger partial charge in [0.05, 0.1) is 25.5 Å². The summed E-state index contributed by atoms with van der Waals surface area (Å²) in [4.78, 5) is 4.36. The van der Waals surface area contributed by atoms with Gasteiger partial charge in [-0.3, -0.25) is 0 Å². The van der Waals surface area contributed by atoms with Crippen LogP contribution < -0.4 is 9.47 Å². The quantitative estimate of drug-likeness (QED) is 0.810. The third-order valence-electron chi connectivity index (χ3n) is 2.55. The van der Waals surface area contributed by atoms with Crippen molar-refractivity contribution in [3.63, 3.8) is 0 Å². The molecule has 102 valence electrons. The Morgan fingerprint density at radius 1 is 1.26 bits per heavy atom. The lowest BCUT2D eigenvalue weighted by Gasteiger charge is -2.07. The van der Waals surface area contributed by atoms with Gasteiger partial charge in [0.15, 0.2) is 0 Å². The van der Waals surface area contributed by atoms with Gasteiger partial charge >= 0.3 is 0 Å². The number of aromatic nitrogens is 2. The van der Waals surface area contributed by atoms with Gasteiger partial charge in [-0.15, -0.1) is 0 Å². The molecule has 0 amide bonds. The summed E-state index contributed by atoms with van der Waals surface area (Å²) in [6, 6.07) is 5.50. The van der Waals surface area contributed by atoms with Crippen LogP contribution in [0.25, 0.3) is 11.4 Å². The van der Waals surface area contributed by atoms with Gasteiger partial charge in [-0.05, 0) is 17.9 Å². The fourth-order valence-corrected chi connectivity index (χ4v) is 2.09. The molecule has 0 N–H and O–H groups in total. The standard InChI is InChI=1S/C13H16N2O3S/c1-4-19-8-12-14-13(15-18-12)10-6-5-9(16-2)7-11(10)17-3/h5-7H,4,8H2,1-3H3. The van der Waals surface area contributed by atoms with Gasteiger partial charge in [0, 0.05) is 6.07 Å². The van der Waals surface area contributed by atoms with Crippen LogP contribution in [0.1, 0.15) is 12.8 Å². The van der Waals surface area contributed by atoms with Crippen LogP contribution >= 0.6 is 11.8 Å². The Balaban J connectivity index is 2.27. The van der Waals surface area contributed by atoms with Crippen LogP contribution in [0.15, 0.2) is 22.7 Å². The molecule has 0 atom stereocenters. The summed E-state index contributed by atoms with van der Waals surface area (Å²) in [6.07, 6.45) is 0. The highest BCUT2D eigenvalue weighted by Gasteiger charge is 2.14. The van der Waals surface area contributed by atoms with Crippen molar-refractivity contribution in [1.29, 1.82) is 0 Å². The van der Waals surface area contributed by atoms with E-state index >= 15 is 0 Å². The molecule has 0 fully saturated rings. The monoisotopic (exact) mass is 280 g/mol. The Kier molecular flexibility index (Phi) is 4.68. The minimum atomic E-state index is 0.534. The van der Waals surface area contributed by atoms with E-state index in [4.69, 9.17) is 14.0 Å². The minimum absolute atomic E-state index is 0.534. The zero-order chi connectivity index (χ0) is 13.7. The number of ether oxygens (including phenoxy) is 2. The highest BCUT2D eigenvalue weighted by molar-refractivity contribution is 7.98. The number of rotatable bonds is 6. The van der Waals surface area contributed by atoms with Gasteiger partial charge in [-0.25, -0.2) is 0 Å². The Morgan fingerprint density at radius 3 is 2.79 bits per heavy atom. The molecule has 0 spiro atoms. The lowest BCUT2D eigenvalue weighted by atomic mass is 10.2. The van der Waals surface area contributed by atoms with E-state index in [1.807, 2.05) is 12.1 Å². The van der Waals surface area contributed by atoms with E-state index in [2.05, 4.69) is 17.1 Å². The number of methoxy groups -OCH3 is 2. The van der Waals surface area contributed by atoms with Crippen molar-refractivity contribution in [3.8, 4) is 22.9 Å². The van der Waals surface area contributed by atoms with Gasteiger partial charge in [0.1, 0.15) is 11.5 Å². The molecule has 2 aromatic rings. The molecule has 1 aromatic heterocycles. The van der Waals surface area contributed by atoms with Crippen molar-refractivity contribution < 1.29 is 14.0 Å². The average Bonchev–Trinajstić information content (AvgIpc) is 2.92. The number of thioether (sulfide) groups is 1. The fourth-order valence-electron chi connectivity index (χ4n) is 1.60. The van der Waals surface area contributed by atoms with Crippen molar-refractivity contribution >= 4 is 11.8 Å². The fraction of sp³-hybridized carbons (Fsp3) is 0.385. The van der Waals surface area contributed by atoms with Crippen molar-refractivity contribution in [2.24, 2.45) is 0 Å². The summed E-state index contributed by atoms with van der Waals surface area (Å²) in [7, 11) is 3.22. The van der Waals surface area contributed by atoms with E-state index < -0.39 is 0 Å². The molecule has 0 aliphatic carbocycles. The summed E-state index contributed by atoms with van der Waals surface area (Å²) < 4.78 is 15.7. The Hall–Kier alpha value is -1.69. The largest absolute Gasteiger partial charge is 0.497 e. The number of hydrogen-bond donors (Lipinski definition) is 0. The van der Waals surface area contributed by atoms with Crippen LogP contribution in [-0.4, -0.2) is 30.1 Å². The molecular weight excluding hydrogens is 264 g/mol. The van der Waals surface area contributed by atoms with Crippen LogP contribution in [0, 0.1) is 0 Å². The molecular formula is C13H16N2O3S. The van der Waals surface area contributed by atoms with Gasteiger partial charge in [0.2, 0.25) is 11.7 Å². The van der Waals surface area contributed by atoms with Crippen LogP contribution in [0.2, 0.25) is 0 Å². The van der Waals surface area contributed by atoms with E-state index in [0.29, 0.717) is 17.5 Å². The molecule has 1 heterocycles. The second-order valence-electron chi connectivity index (χ2n) is 3.72. The molecule has 0 aliphatic rings. The molecule has 0 unspecified atom stereocenters. The number of benzene rings is 1. The SMILES string of the molecule is CCSCc1nc(-c2ccc(OC)cc2OC)no1. The summed E-state index contributed by atoms with van der Waals surface area (Å²) in [5.74, 6) is 4.29. The number of hydrogen-bond acceptors (Lipinski definition) is 6. The third kappa shape index (κ3) is 3.20. The van der Waals surface area contributed by atoms with Crippen molar-refractivity contribution in [3.05, 3.63) is 24.1 Å². The molecule has 2 rings (SSSR count). The lowest BCUT2D eigenvalue weighted by molar-refractivity contribution is 0.388. The molecule has 0 aliphatic heterocycles. The van der Waals surface area contributed by atoms with E-state index in [-0.39, 0.29) is 0 Å². The van der Waals surface area contributed by atoms with Crippen molar-refractivity contribution in [1.82, 2.24) is 10.1 Å². The lowest BCUT2D eigenvalue weighted by Crippen LogP contribution is -1.91. The highest BCUT2D eigenvalue weighted by atomic mass is 32.2. The van der Waals surface area contributed by atoms with E-state index in [1.165, 1.54) is 0 Å². The Morgan fingerprint density at radius 2 is 2.11 bits per heavy atom. The third-order valence-corrected chi connectivity index (χ3v) is 3.41. The van der Waals surface area contributed by atoms with Crippen LogP contribution in [0.5, 0.6) is 11.5 Å². The minimum Gasteiger partial charge on any atom is -0.497 e. The molecule has 0 radical (unpaired) electrons. The smallest absolute Gasteiger partial charge is 0.236 e. The van der Waals surface area contributed by atoms with Crippen molar-refractivity contribution in [2.75, 3.05) is 20.0 Å². The van der Waals surface area contributed by atoms with Crippen molar-refractivity contribution in [2.45, 2.75) is 12.7 Å². The topological polar surface area (TPSA) is 57.4 Å². The summed E-state index contributed by atoms with van der Waals surface area (Å²) in [6.45, 7) is 2.09. The predicted octanol–water partition coefficient (Wildman–Crippen LogP) is 3.01. The first-order chi connectivity index (χ1) is 9.28. The maximum Gasteiger partial charge on any atom is 0.236 e. The zero-order valence-corrected chi connectivity index (χ0v) is 12.0. The maximum atomic E-state index is 5.33. The van der Waals surface area contributed by atoms with Gasteiger partial charge in [-0.1, -0.05) is 12.1 Å². The van der Waals surface area contributed by atoms with Crippen LogP contribution in [0.4, 0.5) is 0 Å². The normalized spacial score (nSPS) is 10.5. The highest BCUT2D eigenvalue weighted by Crippen LogP contribution is 2.31. The Bertz CT molecular complexity index is 542. The van der Waals surface area contributed by atoms with Gasteiger partial charge < -0.3 is 14.0 Å². The molecule has 1 aromatic carbocycles. The first-order valence-electron chi connectivity index (χ1n) is 5.91. The van der Waals surface area contributed by atoms with E-state index in [0.717, 1.165) is 22.8 Å². The first kappa shape index (κ1) is 13.7. The molecule has 19 heavy (non-hydrogen) atoms. The molecule has 5 nitrogen and oxygen atoms in total. The average molecular weight is 280 g/mol. The summed E-state index contributed by atoms with van der Waals surface area (Å²) in [5, 5.41) is 3.98. The zero-order valence-electron chi connectivity index (χ0n) is 11.2. The molecule has 0 saturated heterocycles. The van der Waals surface area contributed by atoms with E-state index in [1.54, 1.807) is 32.0 Å². The van der Waals surface area contributed by atoms with Gasteiger partial charge in [0.25, 0.3) is 0 Å². The predicted molar refractivity (Wildman–Crippen MR) is 74.7 cm³/mol. The summed E-state index contributed by atoms with van der Waals surface area (Å²) in [5.41, 5.74) is 0.791. The van der Waals surface area contributed by atoms with Gasteiger partial charge in [-0.2, -0.15) is 16.7 Å². The number of nitrogens with zero attached hydrogens (tertiary/aromatic N) is 2.